The predicted octanol–water partition coefficient (Wildman–Crippen LogP) is 6.22. The summed E-state index contributed by atoms with van der Waals surface area (Å²) in [5.41, 5.74) is 1.15. The molecule has 1 amide bonds. The minimum Gasteiger partial charge on any atom is -0.492 e. The quantitative estimate of drug-likeness (QED) is 0.364. The number of rotatable bonds is 13. The zero-order valence-electron chi connectivity index (χ0n) is 20.9. The fraction of sp³-hybridized carbons (Fsp3) is 0.692. The third-order valence-corrected chi connectivity index (χ3v) is 6.28. The molecular formula is C26H42N2O4. The monoisotopic (exact) mass is 446 g/mol. The topological polar surface area (TPSA) is 67.9 Å². The van der Waals surface area contributed by atoms with Crippen LogP contribution in [0.2, 0.25) is 0 Å². The minimum absolute atomic E-state index is 0.0192. The van der Waals surface area contributed by atoms with Gasteiger partial charge in [-0.25, -0.2) is 0 Å². The molecule has 0 radical (unpaired) electrons. The van der Waals surface area contributed by atoms with Crippen molar-refractivity contribution < 1.29 is 19.1 Å². The number of hydrogen-bond acceptors (Lipinski definition) is 5. The fourth-order valence-electron chi connectivity index (χ4n) is 4.12. The number of ether oxygens (including phenoxy) is 2. The van der Waals surface area contributed by atoms with Gasteiger partial charge in [0.2, 0.25) is 5.91 Å². The van der Waals surface area contributed by atoms with E-state index in [0.29, 0.717) is 35.8 Å². The summed E-state index contributed by atoms with van der Waals surface area (Å²) in [5.74, 6) is 0.865. The van der Waals surface area contributed by atoms with Crippen molar-refractivity contribution in [3.63, 3.8) is 0 Å². The first-order valence-corrected chi connectivity index (χ1v) is 12.1. The number of carbonyl (C=O) groups excluding carboxylic acids is 2. The second kappa shape index (κ2) is 12.1. The lowest BCUT2D eigenvalue weighted by Gasteiger charge is -2.29. The Balaban J connectivity index is 2.10. The van der Waals surface area contributed by atoms with Gasteiger partial charge in [-0.15, -0.1) is 0 Å². The molecule has 0 saturated carbocycles. The predicted molar refractivity (Wildman–Crippen MR) is 131 cm³/mol. The summed E-state index contributed by atoms with van der Waals surface area (Å²) >= 11 is 0. The zero-order valence-corrected chi connectivity index (χ0v) is 20.9. The normalized spacial score (nSPS) is 13.4. The molecule has 6 heteroatoms. The van der Waals surface area contributed by atoms with E-state index in [1.807, 2.05) is 32.8 Å². The molecule has 1 heterocycles. The highest BCUT2D eigenvalue weighted by Gasteiger charge is 2.33. The number of ketones is 1. The maximum absolute atomic E-state index is 13.3. The molecule has 0 saturated heterocycles. The zero-order chi connectivity index (χ0) is 23.7. The summed E-state index contributed by atoms with van der Waals surface area (Å²) in [6.07, 6.45) is 11.1. The van der Waals surface area contributed by atoms with Crippen LogP contribution in [0.15, 0.2) is 6.07 Å². The van der Waals surface area contributed by atoms with Gasteiger partial charge in [-0.1, -0.05) is 72.1 Å². The summed E-state index contributed by atoms with van der Waals surface area (Å²) in [6.45, 7) is 6.49. The Kier molecular flexibility index (Phi) is 9.85. The van der Waals surface area contributed by atoms with Crippen molar-refractivity contribution in [1.29, 1.82) is 0 Å². The standard InChI is InChI=1S/C26H42N2O4/c1-7-8-9-10-11-12-13-14-16-26(2,3)25(30)27-22-23-19(21(29)15-17-32-23)18-20(28(4)5)24(22)31-6/h18H,7-17H2,1-6H3,(H,27,30). The van der Waals surface area contributed by atoms with Crippen LogP contribution >= 0.6 is 0 Å². The number of hydrogen-bond donors (Lipinski definition) is 1. The van der Waals surface area contributed by atoms with Crippen molar-refractivity contribution in [3.05, 3.63) is 11.6 Å². The molecule has 1 aromatic carbocycles. The van der Waals surface area contributed by atoms with Crippen molar-refractivity contribution in [2.45, 2.75) is 85.0 Å². The van der Waals surface area contributed by atoms with Crippen LogP contribution in [0.3, 0.4) is 0 Å². The number of unbranched alkanes of at least 4 members (excludes halogenated alkanes) is 7. The number of amides is 1. The van der Waals surface area contributed by atoms with E-state index in [2.05, 4.69) is 12.2 Å². The van der Waals surface area contributed by atoms with Crippen LogP contribution in [-0.4, -0.2) is 39.5 Å². The lowest BCUT2D eigenvalue weighted by Crippen LogP contribution is -2.32. The summed E-state index contributed by atoms with van der Waals surface area (Å²) in [6, 6.07) is 1.79. The van der Waals surface area contributed by atoms with Gasteiger partial charge in [-0.05, 0) is 12.5 Å². The second-order valence-corrected chi connectivity index (χ2v) is 9.66. The molecule has 1 aromatic rings. The van der Waals surface area contributed by atoms with E-state index >= 15 is 0 Å². The van der Waals surface area contributed by atoms with Crippen LogP contribution in [0.5, 0.6) is 11.5 Å². The summed E-state index contributed by atoms with van der Waals surface area (Å²) in [7, 11) is 5.34. The maximum Gasteiger partial charge on any atom is 0.230 e. The smallest absolute Gasteiger partial charge is 0.230 e. The summed E-state index contributed by atoms with van der Waals surface area (Å²) in [4.78, 5) is 27.7. The van der Waals surface area contributed by atoms with E-state index in [9.17, 15) is 9.59 Å². The molecule has 0 atom stereocenters. The van der Waals surface area contributed by atoms with Gasteiger partial charge in [0.1, 0.15) is 5.69 Å². The van der Waals surface area contributed by atoms with E-state index < -0.39 is 5.41 Å². The number of nitrogens with one attached hydrogen (secondary N) is 1. The van der Waals surface area contributed by atoms with E-state index in [4.69, 9.17) is 9.47 Å². The number of anilines is 2. The van der Waals surface area contributed by atoms with Gasteiger partial charge in [0, 0.05) is 25.9 Å². The van der Waals surface area contributed by atoms with Crippen LogP contribution < -0.4 is 19.7 Å². The Bertz CT molecular complexity index is 787. The van der Waals surface area contributed by atoms with Crippen LogP contribution in [0.25, 0.3) is 0 Å². The lowest BCUT2D eigenvalue weighted by molar-refractivity contribution is -0.124. The number of fused-ring (bicyclic) bond motifs is 1. The van der Waals surface area contributed by atoms with Crippen molar-refractivity contribution in [1.82, 2.24) is 0 Å². The van der Waals surface area contributed by atoms with E-state index in [1.54, 1.807) is 13.2 Å². The van der Waals surface area contributed by atoms with Crippen molar-refractivity contribution in [3.8, 4) is 11.5 Å². The second-order valence-electron chi connectivity index (χ2n) is 9.66. The Morgan fingerprint density at radius 2 is 1.75 bits per heavy atom. The van der Waals surface area contributed by atoms with Gasteiger partial charge >= 0.3 is 0 Å². The van der Waals surface area contributed by atoms with Crippen molar-refractivity contribution >= 4 is 23.1 Å². The maximum atomic E-state index is 13.3. The van der Waals surface area contributed by atoms with Crippen LogP contribution in [0, 0.1) is 5.41 Å². The molecule has 0 aromatic heterocycles. The Morgan fingerprint density at radius 3 is 2.34 bits per heavy atom. The minimum atomic E-state index is -0.535. The van der Waals surface area contributed by atoms with Crippen molar-refractivity contribution in [2.75, 3.05) is 38.0 Å². The number of Topliss-reactive ketones (excluding diaryl/α,β-unsaturated/α-hetero) is 1. The van der Waals surface area contributed by atoms with Crippen LogP contribution in [0.1, 0.15) is 95.3 Å². The third kappa shape index (κ3) is 6.63. The molecule has 1 aliphatic heterocycles. The van der Waals surface area contributed by atoms with Gasteiger partial charge in [0.05, 0.1) is 25.0 Å². The third-order valence-electron chi connectivity index (χ3n) is 6.28. The van der Waals surface area contributed by atoms with Gasteiger partial charge in [0.25, 0.3) is 0 Å². The molecule has 0 aliphatic carbocycles. The Labute approximate surface area is 194 Å². The van der Waals surface area contributed by atoms with Gasteiger partial charge < -0.3 is 19.7 Å². The Hall–Kier alpha value is -2.24. The number of benzene rings is 1. The molecule has 2 rings (SSSR count). The molecule has 180 valence electrons. The van der Waals surface area contributed by atoms with Gasteiger partial charge in [-0.2, -0.15) is 0 Å². The average molecular weight is 447 g/mol. The first-order valence-electron chi connectivity index (χ1n) is 12.1. The molecule has 1 N–H and O–H groups in total. The van der Waals surface area contributed by atoms with Gasteiger partial charge in [-0.3, -0.25) is 9.59 Å². The lowest BCUT2D eigenvalue weighted by atomic mass is 9.85. The van der Waals surface area contributed by atoms with Crippen molar-refractivity contribution in [2.24, 2.45) is 5.41 Å². The summed E-state index contributed by atoms with van der Waals surface area (Å²) < 4.78 is 11.5. The first-order chi connectivity index (χ1) is 15.2. The van der Waals surface area contributed by atoms with E-state index in [0.717, 1.165) is 24.9 Å². The largest absolute Gasteiger partial charge is 0.492 e. The van der Waals surface area contributed by atoms with Gasteiger partial charge in [0.15, 0.2) is 17.3 Å². The highest BCUT2D eigenvalue weighted by molar-refractivity contribution is 6.07. The molecule has 0 fully saturated rings. The highest BCUT2D eigenvalue weighted by atomic mass is 16.5. The van der Waals surface area contributed by atoms with Crippen LogP contribution in [-0.2, 0) is 4.79 Å². The SMILES string of the molecule is CCCCCCCCCCC(C)(C)C(=O)Nc1c2c(cc(N(C)C)c1OC)C(=O)CCO2. The van der Waals surface area contributed by atoms with E-state index in [-0.39, 0.29) is 11.7 Å². The molecule has 6 nitrogen and oxygen atoms in total. The summed E-state index contributed by atoms with van der Waals surface area (Å²) in [5, 5.41) is 3.05. The fourth-order valence-corrected chi connectivity index (χ4v) is 4.12. The molecule has 0 bridgehead atoms. The molecule has 0 spiro atoms. The molecule has 1 aliphatic rings. The highest BCUT2D eigenvalue weighted by Crippen LogP contribution is 2.47. The number of methoxy groups -OCH3 is 1. The molecule has 32 heavy (non-hydrogen) atoms. The van der Waals surface area contributed by atoms with Crippen LogP contribution in [0.4, 0.5) is 11.4 Å². The Morgan fingerprint density at radius 1 is 1.12 bits per heavy atom. The number of nitrogens with zero attached hydrogens (tertiary/aromatic N) is 1. The average Bonchev–Trinajstić information content (AvgIpc) is 2.75. The molecule has 0 unspecified atom stereocenters. The molecular weight excluding hydrogens is 404 g/mol. The first kappa shape index (κ1) is 26.0. The van der Waals surface area contributed by atoms with E-state index in [1.165, 1.54) is 38.5 Å². The number of carbonyl (C=O) groups is 2.